The summed E-state index contributed by atoms with van der Waals surface area (Å²) < 4.78 is 1.97. The Morgan fingerprint density at radius 2 is 2.25 bits per heavy atom. The zero-order valence-electron chi connectivity index (χ0n) is 4.96. The predicted molar refractivity (Wildman–Crippen MR) is 29.9 cm³/mol. The van der Waals surface area contributed by atoms with Crippen LogP contribution in [0.25, 0.3) is 0 Å². The Hall–Kier alpha value is 0.254. The molecule has 41 valence electrons. The monoisotopic (exact) mass is 183 g/mol. The third-order valence-electron chi connectivity index (χ3n) is 1.05. The zero-order chi connectivity index (χ0) is 5.28. The minimum Gasteiger partial charge on any atom is -0.387 e. The van der Waals surface area contributed by atoms with Crippen LogP contribution >= 0.6 is 0 Å². The van der Waals surface area contributed by atoms with Crippen LogP contribution in [0.15, 0.2) is 18.3 Å². The smallest absolute Gasteiger partial charge is 0.00778 e. The summed E-state index contributed by atoms with van der Waals surface area (Å²) in [5.74, 6) is 0. The van der Waals surface area contributed by atoms with Crippen molar-refractivity contribution in [2.75, 3.05) is 0 Å². The van der Waals surface area contributed by atoms with E-state index in [1.165, 1.54) is 0 Å². The molecule has 0 amide bonds. The van der Waals surface area contributed by atoms with E-state index in [1.54, 1.807) is 0 Å². The molecule has 1 heterocycles. The maximum Gasteiger partial charge on any atom is 0.00778 e. The molecule has 8 heavy (non-hydrogen) atoms. The Labute approximate surface area is 75.0 Å². The van der Waals surface area contributed by atoms with Crippen LogP contribution in [0.3, 0.4) is 0 Å². The number of nitrogens with zero attached hydrogens (tertiary/aromatic N) is 1. The van der Waals surface area contributed by atoms with Crippen molar-refractivity contribution < 1.29 is 32.7 Å². The van der Waals surface area contributed by atoms with E-state index in [0.717, 1.165) is 5.69 Å². The first-order valence-corrected chi connectivity index (χ1v) is 2.24. The average Bonchev–Trinajstić information content (AvgIpc) is 1.91. The Kier molecular flexibility index (Phi) is 3.42. The molecule has 0 aromatic carbocycles. The first-order chi connectivity index (χ1) is 3.30. The van der Waals surface area contributed by atoms with E-state index >= 15 is 0 Å². The number of hydrogen-bond donors (Lipinski definition) is 0. The van der Waals surface area contributed by atoms with Crippen LogP contribution in [0.1, 0.15) is 5.69 Å². The average molecular weight is 183 g/mol. The van der Waals surface area contributed by atoms with E-state index in [2.05, 4.69) is 6.92 Å². The molecule has 1 rings (SSSR count). The molecule has 0 unspecified atom stereocenters. The molecule has 1 nitrogen and oxygen atoms in total. The minimum absolute atomic E-state index is 0. The van der Waals surface area contributed by atoms with Crippen molar-refractivity contribution >= 4 is 0 Å². The topological polar surface area (TPSA) is 4.93 Å². The molecule has 0 aliphatic heterocycles. The first kappa shape index (κ1) is 8.25. The van der Waals surface area contributed by atoms with Gasteiger partial charge in [0.25, 0.3) is 0 Å². The molecule has 1 aromatic heterocycles. The summed E-state index contributed by atoms with van der Waals surface area (Å²) in [6.45, 7) is 3.74. The summed E-state index contributed by atoms with van der Waals surface area (Å²) in [6.07, 6.45) is 1.97. The number of aryl methyl sites for hydroxylation is 1. The second kappa shape index (κ2) is 3.31. The van der Waals surface area contributed by atoms with Crippen LogP contribution in [0.4, 0.5) is 0 Å². The van der Waals surface area contributed by atoms with Crippen LogP contribution in [-0.4, -0.2) is 4.57 Å². The third kappa shape index (κ3) is 1.64. The molecule has 0 aliphatic rings. The van der Waals surface area contributed by atoms with Gasteiger partial charge in [-0.1, -0.05) is 0 Å². The molecule has 0 atom stereocenters. The molecule has 1 aromatic rings. The summed E-state index contributed by atoms with van der Waals surface area (Å²) >= 11 is 0. The van der Waals surface area contributed by atoms with Crippen LogP contribution in [0.2, 0.25) is 0 Å². The van der Waals surface area contributed by atoms with Gasteiger partial charge in [-0.25, -0.2) is 6.92 Å². The number of aromatic nitrogens is 1. The van der Waals surface area contributed by atoms with Gasteiger partial charge in [-0.3, -0.25) is 0 Å². The summed E-state index contributed by atoms with van der Waals surface area (Å²) in [5.41, 5.74) is 1.06. The van der Waals surface area contributed by atoms with E-state index in [-0.39, 0.29) is 32.7 Å². The summed E-state index contributed by atoms with van der Waals surface area (Å²) in [4.78, 5) is 0. The Morgan fingerprint density at radius 1 is 1.62 bits per heavy atom. The van der Waals surface area contributed by atoms with Gasteiger partial charge in [-0.2, -0.15) is 6.07 Å². The van der Waals surface area contributed by atoms with Gasteiger partial charge in [-0.05, 0) is 6.20 Å². The Bertz CT molecular complexity index is 141. The molecule has 0 N–H and O–H groups in total. The van der Waals surface area contributed by atoms with Gasteiger partial charge in [0.2, 0.25) is 0 Å². The number of hydrogen-bond acceptors (Lipinski definition) is 0. The Balaban J connectivity index is 0.000000490. The van der Waals surface area contributed by atoms with Crippen LogP contribution in [-0.2, 0) is 39.8 Å². The fourth-order valence-electron chi connectivity index (χ4n) is 0.497. The molecular weight excluding hydrogens is 175 g/mol. The Morgan fingerprint density at radius 3 is 2.38 bits per heavy atom. The van der Waals surface area contributed by atoms with Crippen LogP contribution in [0, 0.1) is 6.92 Å². The van der Waals surface area contributed by atoms with Crippen molar-refractivity contribution in [3.63, 3.8) is 0 Å². The fraction of sp³-hybridized carbons (Fsp3) is 0.167. The molecule has 0 aliphatic carbocycles. The van der Waals surface area contributed by atoms with Crippen molar-refractivity contribution in [1.82, 2.24) is 4.57 Å². The van der Waals surface area contributed by atoms with Gasteiger partial charge in [0.15, 0.2) is 0 Å². The zero-order valence-corrected chi connectivity index (χ0v) is 7.80. The molecule has 0 bridgehead atoms. The van der Waals surface area contributed by atoms with Gasteiger partial charge >= 0.3 is 0 Å². The third-order valence-corrected chi connectivity index (χ3v) is 1.05. The van der Waals surface area contributed by atoms with Crippen LogP contribution < -0.4 is 0 Å². The van der Waals surface area contributed by atoms with Crippen LogP contribution in [0.5, 0.6) is 0 Å². The second-order valence-corrected chi connectivity index (χ2v) is 1.61. The maximum atomic E-state index is 3.74. The molecule has 0 saturated carbocycles. The maximum absolute atomic E-state index is 3.74. The second-order valence-electron chi connectivity index (χ2n) is 1.61. The van der Waals surface area contributed by atoms with Gasteiger partial charge in [0.1, 0.15) is 0 Å². The number of rotatable bonds is 0. The quantitative estimate of drug-likeness (QED) is 0.532. The largest absolute Gasteiger partial charge is 0.387 e. The SMILES string of the molecule is [CH2-]c1cccn1C.[Y]. The van der Waals surface area contributed by atoms with E-state index in [1.807, 2.05) is 29.9 Å². The molecular formula is C6H8NY-. The van der Waals surface area contributed by atoms with Crippen molar-refractivity contribution in [3.8, 4) is 0 Å². The first-order valence-electron chi connectivity index (χ1n) is 2.24. The summed E-state index contributed by atoms with van der Waals surface area (Å²) in [5, 5.41) is 0. The summed E-state index contributed by atoms with van der Waals surface area (Å²) in [7, 11) is 1.97. The fourth-order valence-corrected chi connectivity index (χ4v) is 0.497. The van der Waals surface area contributed by atoms with Crippen molar-refractivity contribution in [2.24, 2.45) is 7.05 Å². The van der Waals surface area contributed by atoms with E-state index < -0.39 is 0 Å². The van der Waals surface area contributed by atoms with E-state index in [0.29, 0.717) is 0 Å². The van der Waals surface area contributed by atoms with Gasteiger partial charge in [-0.15, -0.1) is 11.8 Å². The molecule has 1 radical (unpaired) electrons. The van der Waals surface area contributed by atoms with Crippen molar-refractivity contribution in [1.29, 1.82) is 0 Å². The molecule has 0 fully saturated rings. The van der Waals surface area contributed by atoms with Crippen molar-refractivity contribution in [3.05, 3.63) is 30.9 Å². The summed E-state index contributed by atoms with van der Waals surface area (Å²) in [6, 6.07) is 3.95. The van der Waals surface area contributed by atoms with Gasteiger partial charge in [0.05, 0.1) is 0 Å². The minimum atomic E-state index is 0. The van der Waals surface area contributed by atoms with Gasteiger partial charge < -0.3 is 4.57 Å². The standard InChI is InChI=1S/C6H8N.Y/c1-6-4-3-5-7(6)2;/h3-5H,1H2,2H3;/q-1;. The van der Waals surface area contributed by atoms with Gasteiger partial charge in [0, 0.05) is 39.8 Å². The van der Waals surface area contributed by atoms with Crippen molar-refractivity contribution in [2.45, 2.75) is 0 Å². The molecule has 0 spiro atoms. The molecule has 2 heteroatoms. The normalized spacial score (nSPS) is 8.12. The van der Waals surface area contributed by atoms with E-state index in [9.17, 15) is 0 Å². The predicted octanol–water partition coefficient (Wildman–Crippen LogP) is 1.20. The molecule has 0 saturated heterocycles. The van der Waals surface area contributed by atoms with E-state index in [4.69, 9.17) is 0 Å².